The lowest BCUT2D eigenvalue weighted by Gasteiger charge is -2.32. The van der Waals surface area contributed by atoms with Gasteiger partial charge in [-0.3, -0.25) is 14.8 Å². The van der Waals surface area contributed by atoms with Crippen LogP contribution in [0.15, 0.2) is 47.4 Å². The maximum absolute atomic E-state index is 12.9. The van der Waals surface area contributed by atoms with Crippen molar-refractivity contribution in [3.63, 3.8) is 0 Å². The number of anilines is 1. The average molecular weight is 479 g/mol. The zero-order chi connectivity index (χ0) is 23.1. The fourth-order valence-electron chi connectivity index (χ4n) is 2.28. The predicted molar refractivity (Wildman–Crippen MR) is 91.4 cm³/mol. The highest BCUT2D eigenvalue weighted by Gasteiger charge is 2.71. The second-order valence-electron chi connectivity index (χ2n) is 5.76. The Morgan fingerprint density at radius 2 is 1.47 bits per heavy atom. The van der Waals surface area contributed by atoms with Crippen LogP contribution < -0.4 is 4.72 Å². The van der Waals surface area contributed by atoms with Gasteiger partial charge in [0.25, 0.3) is 21.3 Å². The van der Waals surface area contributed by atoms with E-state index in [0.29, 0.717) is 18.2 Å². The molecule has 2 N–H and O–H groups in total. The molecule has 0 saturated heterocycles. The van der Waals surface area contributed by atoms with E-state index < -0.39 is 54.7 Å². The lowest BCUT2D eigenvalue weighted by atomic mass is 9.92. The van der Waals surface area contributed by atoms with Crippen LogP contribution >= 0.6 is 11.6 Å². The van der Waals surface area contributed by atoms with Gasteiger partial charge < -0.3 is 5.11 Å². The van der Waals surface area contributed by atoms with Gasteiger partial charge in [-0.1, -0.05) is 23.7 Å². The molecule has 7 nitrogen and oxygen atoms in total. The summed E-state index contributed by atoms with van der Waals surface area (Å²) in [6, 6.07) is 4.03. The van der Waals surface area contributed by atoms with Crippen molar-refractivity contribution in [1.82, 2.24) is 0 Å². The number of sulfonamides is 1. The number of nitrogens with zero attached hydrogens (tertiary/aromatic N) is 1. The summed E-state index contributed by atoms with van der Waals surface area (Å²) in [5, 5.41) is 19.8. The standard InChI is InChI=1S/C15H9ClF6N2O5S/c16-11-6-5-10(7-12(11)24(26)27)30(28,29)23-9-3-1-8(2-4-9)13(25,14(17,18)19)15(20,21)22/h1-7,23,25H. The van der Waals surface area contributed by atoms with Gasteiger partial charge in [-0.05, 0) is 24.3 Å². The number of benzene rings is 2. The minimum absolute atomic E-state index is 0.239. The van der Waals surface area contributed by atoms with Crippen LogP contribution in [0.25, 0.3) is 0 Å². The van der Waals surface area contributed by atoms with Crippen molar-refractivity contribution in [1.29, 1.82) is 0 Å². The number of hydrogen-bond acceptors (Lipinski definition) is 5. The van der Waals surface area contributed by atoms with Gasteiger partial charge in [-0.25, -0.2) is 8.42 Å². The van der Waals surface area contributed by atoms with Crippen LogP contribution in [-0.4, -0.2) is 30.8 Å². The first-order chi connectivity index (χ1) is 13.5. The van der Waals surface area contributed by atoms with Crippen molar-refractivity contribution in [3.05, 3.63) is 63.2 Å². The monoisotopic (exact) mass is 478 g/mol. The molecule has 0 atom stereocenters. The second-order valence-corrected chi connectivity index (χ2v) is 7.85. The van der Waals surface area contributed by atoms with E-state index in [1.165, 1.54) is 0 Å². The third kappa shape index (κ3) is 4.29. The maximum atomic E-state index is 12.9. The molecule has 0 aliphatic rings. The number of aliphatic hydroxyl groups is 1. The van der Waals surface area contributed by atoms with Crippen molar-refractivity contribution in [2.75, 3.05) is 4.72 Å². The van der Waals surface area contributed by atoms with Gasteiger partial charge in [0, 0.05) is 17.3 Å². The molecule has 0 saturated carbocycles. The molecule has 0 radical (unpaired) electrons. The molecule has 0 heterocycles. The first kappa shape index (κ1) is 23.7. The van der Waals surface area contributed by atoms with E-state index in [4.69, 9.17) is 11.6 Å². The molecule has 0 aliphatic carbocycles. The lowest BCUT2D eigenvalue weighted by molar-refractivity contribution is -0.384. The Labute approximate surface area is 169 Å². The molecule has 2 aromatic carbocycles. The Kier molecular flexibility index (Phi) is 6.00. The molecule has 0 spiro atoms. The fraction of sp³-hybridized carbons (Fsp3) is 0.200. The van der Waals surface area contributed by atoms with Crippen molar-refractivity contribution in [3.8, 4) is 0 Å². The molecule has 30 heavy (non-hydrogen) atoms. The van der Waals surface area contributed by atoms with Crippen LogP contribution in [0.3, 0.4) is 0 Å². The number of nitro groups is 1. The maximum Gasteiger partial charge on any atom is 0.430 e. The Hall–Kier alpha value is -2.58. The van der Waals surface area contributed by atoms with Gasteiger partial charge in [-0.15, -0.1) is 0 Å². The summed E-state index contributed by atoms with van der Waals surface area (Å²) in [7, 11) is -4.51. The quantitative estimate of drug-likeness (QED) is 0.377. The Morgan fingerprint density at radius 1 is 0.967 bits per heavy atom. The van der Waals surface area contributed by atoms with Crippen LogP contribution in [-0.2, 0) is 15.6 Å². The highest BCUT2D eigenvalue weighted by molar-refractivity contribution is 7.92. The Balaban J connectivity index is 2.40. The van der Waals surface area contributed by atoms with E-state index in [0.717, 1.165) is 12.1 Å². The van der Waals surface area contributed by atoms with E-state index >= 15 is 0 Å². The number of nitrogens with one attached hydrogen (secondary N) is 1. The van der Waals surface area contributed by atoms with Gasteiger partial charge in [-0.2, -0.15) is 26.3 Å². The molecule has 0 aliphatic heterocycles. The summed E-state index contributed by atoms with van der Waals surface area (Å²) in [5.41, 5.74) is -7.97. The van der Waals surface area contributed by atoms with E-state index in [9.17, 15) is 50.0 Å². The molecule has 0 amide bonds. The van der Waals surface area contributed by atoms with E-state index in [1.807, 2.05) is 4.72 Å². The van der Waals surface area contributed by atoms with E-state index in [-0.39, 0.29) is 17.2 Å². The normalized spacial score (nSPS) is 13.2. The number of halogens is 7. The van der Waals surface area contributed by atoms with Crippen LogP contribution in [0, 0.1) is 10.1 Å². The van der Waals surface area contributed by atoms with Gasteiger partial charge in [0.05, 0.1) is 9.82 Å². The van der Waals surface area contributed by atoms with Gasteiger partial charge in [0.15, 0.2) is 0 Å². The molecule has 164 valence electrons. The summed E-state index contributed by atoms with van der Waals surface area (Å²) in [6.45, 7) is 0. The SMILES string of the molecule is O=[N+]([O-])c1cc(S(=O)(=O)Nc2ccc(C(O)(C(F)(F)F)C(F)(F)F)cc2)ccc1Cl. The largest absolute Gasteiger partial charge is 0.430 e. The fourth-order valence-corrected chi connectivity index (χ4v) is 3.55. The van der Waals surface area contributed by atoms with Gasteiger partial charge in [0.2, 0.25) is 0 Å². The van der Waals surface area contributed by atoms with Crippen LogP contribution in [0.4, 0.5) is 37.7 Å². The molecule has 0 unspecified atom stereocenters. The van der Waals surface area contributed by atoms with Crippen LogP contribution in [0.1, 0.15) is 5.56 Å². The van der Waals surface area contributed by atoms with Crippen LogP contribution in [0.2, 0.25) is 5.02 Å². The molecule has 0 fully saturated rings. The number of rotatable bonds is 5. The zero-order valence-electron chi connectivity index (χ0n) is 14.1. The van der Waals surface area contributed by atoms with Gasteiger partial charge >= 0.3 is 12.4 Å². The molecular formula is C15H9ClF6N2O5S. The zero-order valence-corrected chi connectivity index (χ0v) is 15.7. The molecule has 2 rings (SSSR count). The van der Waals surface area contributed by atoms with Crippen LogP contribution in [0.5, 0.6) is 0 Å². The number of nitro benzene ring substituents is 1. The van der Waals surface area contributed by atoms with E-state index in [2.05, 4.69) is 0 Å². The summed E-state index contributed by atoms with van der Waals surface area (Å²) in [4.78, 5) is 9.26. The third-order valence-corrected chi connectivity index (χ3v) is 5.50. The highest BCUT2D eigenvalue weighted by Crippen LogP contribution is 2.50. The minimum Gasteiger partial charge on any atom is -0.369 e. The number of alkyl halides is 6. The number of hydrogen-bond donors (Lipinski definition) is 2. The molecule has 2 aromatic rings. The van der Waals surface area contributed by atoms with Crippen molar-refractivity contribution in [2.45, 2.75) is 22.8 Å². The average Bonchev–Trinajstić information content (AvgIpc) is 2.59. The molecular weight excluding hydrogens is 470 g/mol. The minimum atomic E-state index is -6.10. The highest BCUT2D eigenvalue weighted by atomic mass is 35.5. The first-order valence-corrected chi connectivity index (χ1v) is 9.30. The summed E-state index contributed by atoms with van der Waals surface area (Å²) >= 11 is 5.57. The summed E-state index contributed by atoms with van der Waals surface area (Å²) in [5.74, 6) is 0. The smallest absolute Gasteiger partial charge is 0.369 e. The van der Waals surface area contributed by atoms with Gasteiger partial charge in [0.1, 0.15) is 5.02 Å². The second kappa shape index (κ2) is 7.59. The molecule has 0 bridgehead atoms. The van der Waals surface area contributed by atoms with Crippen molar-refractivity contribution < 1.29 is 44.8 Å². The predicted octanol–water partition coefficient (Wildman–Crippen LogP) is 4.36. The summed E-state index contributed by atoms with van der Waals surface area (Å²) in [6.07, 6.45) is -12.2. The molecule has 0 aromatic heterocycles. The Bertz CT molecular complexity index is 1060. The summed E-state index contributed by atoms with van der Waals surface area (Å²) < 4.78 is 104. The molecule has 15 heteroatoms. The van der Waals surface area contributed by atoms with Crippen molar-refractivity contribution >= 4 is 33.0 Å². The third-order valence-electron chi connectivity index (χ3n) is 3.80. The topological polar surface area (TPSA) is 110 Å². The van der Waals surface area contributed by atoms with E-state index in [1.54, 1.807) is 0 Å². The van der Waals surface area contributed by atoms with Crippen molar-refractivity contribution in [2.24, 2.45) is 0 Å². The first-order valence-electron chi connectivity index (χ1n) is 7.44. The Morgan fingerprint density at radius 3 is 1.90 bits per heavy atom. The lowest BCUT2D eigenvalue weighted by Crippen LogP contribution is -2.53.